The van der Waals surface area contributed by atoms with E-state index in [4.69, 9.17) is 4.42 Å². The van der Waals surface area contributed by atoms with Crippen molar-refractivity contribution < 1.29 is 9.21 Å². The third-order valence-electron chi connectivity index (χ3n) is 3.01. The summed E-state index contributed by atoms with van der Waals surface area (Å²) in [4.78, 5) is 22.1. The predicted octanol–water partition coefficient (Wildman–Crippen LogP) is 2.31. The van der Waals surface area contributed by atoms with Crippen molar-refractivity contribution in [2.75, 3.05) is 12.8 Å². The Bertz CT molecular complexity index is 707. The second kappa shape index (κ2) is 7.09. The van der Waals surface area contributed by atoms with Gasteiger partial charge in [0.05, 0.1) is 24.3 Å². The topological polar surface area (TPSA) is 83.0 Å². The minimum absolute atomic E-state index is 0.0563. The average molecular weight is 316 g/mol. The van der Waals surface area contributed by atoms with Gasteiger partial charge in [-0.1, -0.05) is 11.8 Å². The lowest BCUT2D eigenvalue weighted by Crippen LogP contribution is -2.27. The maximum Gasteiger partial charge on any atom is 0.233 e. The fourth-order valence-electron chi connectivity index (χ4n) is 1.88. The van der Waals surface area contributed by atoms with Crippen molar-refractivity contribution in [3.05, 3.63) is 41.2 Å². The van der Waals surface area contributed by atoms with Crippen LogP contribution in [0.3, 0.4) is 0 Å². The molecule has 0 atom stereocenters. The second-order valence-corrected chi connectivity index (χ2v) is 5.73. The normalized spacial score (nSPS) is 10.3. The number of nitrogens with zero attached hydrogens (tertiary/aromatic N) is 4. The Morgan fingerprint density at radius 3 is 2.86 bits per heavy atom. The average Bonchev–Trinajstić information content (AvgIpc) is 2.97. The Morgan fingerprint density at radius 2 is 2.23 bits per heavy atom. The fourth-order valence-corrected chi connectivity index (χ4v) is 2.89. The van der Waals surface area contributed by atoms with E-state index in [1.807, 2.05) is 6.07 Å². The first kappa shape index (κ1) is 16.0. The van der Waals surface area contributed by atoms with E-state index < -0.39 is 0 Å². The van der Waals surface area contributed by atoms with Crippen molar-refractivity contribution in [2.24, 2.45) is 0 Å². The van der Waals surface area contributed by atoms with Crippen LogP contribution in [0.4, 0.5) is 0 Å². The van der Waals surface area contributed by atoms with E-state index in [1.54, 1.807) is 38.1 Å². The van der Waals surface area contributed by atoms with Gasteiger partial charge in [-0.2, -0.15) is 5.26 Å². The van der Waals surface area contributed by atoms with Gasteiger partial charge in [-0.25, -0.2) is 9.97 Å². The van der Waals surface area contributed by atoms with Crippen LogP contribution in [0.1, 0.15) is 22.8 Å². The van der Waals surface area contributed by atoms with E-state index in [0.29, 0.717) is 28.7 Å². The Labute approximate surface area is 133 Å². The van der Waals surface area contributed by atoms with Gasteiger partial charge < -0.3 is 9.32 Å². The van der Waals surface area contributed by atoms with Crippen LogP contribution in [0.2, 0.25) is 0 Å². The van der Waals surface area contributed by atoms with E-state index in [9.17, 15) is 10.1 Å². The number of carbonyl (C=O) groups is 1. The summed E-state index contributed by atoms with van der Waals surface area (Å²) in [5.41, 5.74) is 1.06. The standard InChI is InChI=1S/C15H16N4O2S/c1-10-13(7-16)15(18-11(2)17-10)22-9-14(20)19(3)8-12-5-4-6-21-12/h4-6H,8-9H2,1-3H3. The molecule has 0 aliphatic rings. The summed E-state index contributed by atoms with van der Waals surface area (Å²) >= 11 is 1.25. The summed E-state index contributed by atoms with van der Waals surface area (Å²) in [7, 11) is 1.72. The molecule has 22 heavy (non-hydrogen) atoms. The van der Waals surface area contributed by atoms with E-state index in [0.717, 1.165) is 5.76 Å². The molecule has 0 aromatic carbocycles. The molecular weight excluding hydrogens is 300 g/mol. The van der Waals surface area contributed by atoms with Gasteiger partial charge in [0.15, 0.2) is 0 Å². The Hall–Kier alpha value is -2.33. The largest absolute Gasteiger partial charge is 0.467 e. The first-order valence-electron chi connectivity index (χ1n) is 6.65. The zero-order valence-electron chi connectivity index (χ0n) is 12.7. The number of hydrogen-bond donors (Lipinski definition) is 0. The number of aromatic nitrogens is 2. The SMILES string of the molecule is Cc1nc(C)c(C#N)c(SCC(=O)N(C)Cc2ccco2)n1. The van der Waals surface area contributed by atoms with E-state index in [1.165, 1.54) is 11.8 Å². The zero-order chi connectivity index (χ0) is 16.1. The van der Waals surface area contributed by atoms with Gasteiger partial charge in [0, 0.05) is 7.05 Å². The van der Waals surface area contributed by atoms with Gasteiger partial charge in [-0.3, -0.25) is 4.79 Å². The lowest BCUT2D eigenvalue weighted by Gasteiger charge is -2.15. The van der Waals surface area contributed by atoms with Gasteiger partial charge in [0.25, 0.3) is 0 Å². The Kier molecular flexibility index (Phi) is 5.17. The number of furan rings is 1. The summed E-state index contributed by atoms with van der Waals surface area (Å²) in [5, 5.41) is 9.73. The third kappa shape index (κ3) is 3.86. The number of rotatable bonds is 5. The third-order valence-corrected chi connectivity index (χ3v) is 3.97. The maximum atomic E-state index is 12.1. The smallest absolute Gasteiger partial charge is 0.233 e. The molecule has 6 nitrogen and oxygen atoms in total. The summed E-state index contributed by atoms with van der Waals surface area (Å²) in [6.45, 7) is 3.95. The summed E-state index contributed by atoms with van der Waals surface area (Å²) in [6.07, 6.45) is 1.58. The highest BCUT2D eigenvalue weighted by atomic mass is 32.2. The minimum atomic E-state index is -0.0563. The molecule has 0 fully saturated rings. The van der Waals surface area contributed by atoms with Gasteiger partial charge >= 0.3 is 0 Å². The van der Waals surface area contributed by atoms with Gasteiger partial charge in [-0.15, -0.1) is 0 Å². The predicted molar refractivity (Wildman–Crippen MR) is 82.1 cm³/mol. The molecule has 114 valence electrons. The molecule has 2 aromatic heterocycles. The second-order valence-electron chi connectivity index (χ2n) is 4.77. The molecular formula is C15H16N4O2S. The molecule has 0 radical (unpaired) electrons. The molecule has 0 bridgehead atoms. The summed E-state index contributed by atoms with van der Waals surface area (Å²) in [5.74, 6) is 1.48. The van der Waals surface area contributed by atoms with Crippen molar-refractivity contribution in [3.63, 3.8) is 0 Å². The molecule has 0 saturated carbocycles. The quantitative estimate of drug-likeness (QED) is 0.622. The number of thioether (sulfide) groups is 1. The van der Waals surface area contributed by atoms with E-state index in [2.05, 4.69) is 16.0 Å². The molecule has 7 heteroatoms. The lowest BCUT2D eigenvalue weighted by molar-refractivity contribution is -0.127. The molecule has 2 heterocycles. The van der Waals surface area contributed by atoms with Crippen LogP contribution in [0, 0.1) is 25.2 Å². The fraction of sp³-hybridized carbons (Fsp3) is 0.333. The van der Waals surface area contributed by atoms with Crippen molar-refractivity contribution in [3.8, 4) is 6.07 Å². The number of amides is 1. The molecule has 0 N–H and O–H groups in total. The highest BCUT2D eigenvalue weighted by molar-refractivity contribution is 8.00. The van der Waals surface area contributed by atoms with Crippen LogP contribution in [0.5, 0.6) is 0 Å². The number of aryl methyl sites for hydroxylation is 2. The number of nitriles is 1. The van der Waals surface area contributed by atoms with Gasteiger partial charge in [0.2, 0.25) is 5.91 Å². The van der Waals surface area contributed by atoms with Crippen LogP contribution in [0.25, 0.3) is 0 Å². The summed E-state index contributed by atoms with van der Waals surface area (Å²) < 4.78 is 5.22. The zero-order valence-corrected chi connectivity index (χ0v) is 13.5. The van der Waals surface area contributed by atoms with E-state index in [-0.39, 0.29) is 11.7 Å². The van der Waals surface area contributed by atoms with E-state index >= 15 is 0 Å². The summed E-state index contributed by atoms with van der Waals surface area (Å²) in [6, 6.07) is 5.70. The number of hydrogen-bond acceptors (Lipinski definition) is 6. The molecule has 0 unspecified atom stereocenters. The minimum Gasteiger partial charge on any atom is -0.467 e. The molecule has 0 spiro atoms. The Balaban J connectivity index is 2.01. The molecule has 2 aromatic rings. The lowest BCUT2D eigenvalue weighted by atomic mass is 10.3. The molecule has 0 aliphatic heterocycles. The van der Waals surface area contributed by atoms with Gasteiger partial charge in [0.1, 0.15) is 28.2 Å². The molecule has 2 rings (SSSR count). The van der Waals surface area contributed by atoms with Crippen LogP contribution < -0.4 is 0 Å². The molecule has 0 saturated heterocycles. The van der Waals surface area contributed by atoms with Crippen molar-refractivity contribution in [2.45, 2.75) is 25.4 Å². The van der Waals surface area contributed by atoms with Crippen molar-refractivity contribution in [1.82, 2.24) is 14.9 Å². The number of carbonyl (C=O) groups excluding carboxylic acids is 1. The monoisotopic (exact) mass is 316 g/mol. The highest BCUT2D eigenvalue weighted by Gasteiger charge is 2.15. The maximum absolute atomic E-state index is 12.1. The highest BCUT2D eigenvalue weighted by Crippen LogP contribution is 2.22. The van der Waals surface area contributed by atoms with Crippen LogP contribution in [-0.2, 0) is 11.3 Å². The van der Waals surface area contributed by atoms with Crippen LogP contribution in [0.15, 0.2) is 27.8 Å². The van der Waals surface area contributed by atoms with Crippen LogP contribution in [-0.4, -0.2) is 33.6 Å². The first-order valence-corrected chi connectivity index (χ1v) is 7.64. The first-order chi connectivity index (χ1) is 10.5. The van der Waals surface area contributed by atoms with Gasteiger partial charge in [-0.05, 0) is 26.0 Å². The van der Waals surface area contributed by atoms with Crippen molar-refractivity contribution >= 4 is 17.7 Å². The molecule has 1 amide bonds. The van der Waals surface area contributed by atoms with Crippen LogP contribution >= 0.6 is 11.8 Å². The molecule has 0 aliphatic carbocycles. The Morgan fingerprint density at radius 1 is 1.45 bits per heavy atom. The van der Waals surface area contributed by atoms with Crippen molar-refractivity contribution in [1.29, 1.82) is 5.26 Å².